The molecule has 0 spiro atoms. The molecular formula is C16H23NO3. The molecule has 4 nitrogen and oxygen atoms in total. The molecule has 1 aliphatic heterocycles. The highest BCUT2D eigenvalue weighted by atomic mass is 16.5. The van der Waals surface area contributed by atoms with E-state index in [0.29, 0.717) is 0 Å². The number of rotatable bonds is 4. The highest BCUT2D eigenvalue weighted by Gasteiger charge is 2.23. The summed E-state index contributed by atoms with van der Waals surface area (Å²) in [6, 6.07) is 6.02. The maximum atomic E-state index is 11.0. The van der Waals surface area contributed by atoms with E-state index in [1.807, 2.05) is 19.1 Å². The molecule has 0 amide bonds. The van der Waals surface area contributed by atoms with Crippen molar-refractivity contribution >= 4 is 12.0 Å². The first kappa shape index (κ1) is 14.9. The first-order valence-electron chi connectivity index (χ1n) is 7.08. The lowest BCUT2D eigenvalue weighted by molar-refractivity contribution is -0.108. The highest BCUT2D eigenvalue weighted by Crippen LogP contribution is 2.29. The van der Waals surface area contributed by atoms with Crippen LogP contribution < -0.4 is 9.64 Å². The molecule has 4 heteroatoms. The number of carbonyl (C=O) groups is 1. The Morgan fingerprint density at radius 1 is 1.30 bits per heavy atom. The van der Waals surface area contributed by atoms with Crippen molar-refractivity contribution in [3.63, 3.8) is 0 Å². The van der Waals surface area contributed by atoms with Gasteiger partial charge in [-0.05, 0) is 31.5 Å². The maximum Gasteiger partial charge on any atom is 0.127 e. The van der Waals surface area contributed by atoms with Crippen molar-refractivity contribution in [3.05, 3.63) is 23.8 Å². The summed E-state index contributed by atoms with van der Waals surface area (Å²) in [7, 11) is 1.65. The van der Waals surface area contributed by atoms with Gasteiger partial charge in [-0.3, -0.25) is 0 Å². The standard InChI is InChI=1S/C16H23NO3/c1-11(10-18)14-5-15(7-16(6-14)19-4)17-8-12(2)20-13(3)9-17/h5-7,10-13H,8-9H2,1-4H3/t11?,12-,13+. The zero-order valence-corrected chi connectivity index (χ0v) is 12.6. The fraction of sp³-hybridized carbons (Fsp3) is 0.562. The van der Waals surface area contributed by atoms with Gasteiger partial charge in [-0.15, -0.1) is 0 Å². The normalized spacial score (nSPS) is 24.3. The average molecular weight is 277 g/mol. The summed E-state index contributed by atoms with van der Waals surface area (Å²) in [4.78, 5) is 13.3. The highest BCUT2D eigenvalue weighted by molar-refractivity contribution is 5.65. The number of ether oxygens (including phenoxy) is 2. The summed E-state index contributed by atoms with van der Waals surface area (Å²) < 4.78 is 11.1. The monoisotopic (exact) mass is 277 g/mol. The molecule has 0 aromatic heterocycles. The number of methoxy groups -OCH3 is 1. The fourth-order valence-electron chi connectivity index (χ4n) is 2.64. The van der Waals surface area contributed by atoms with Gasteiger partial charge < -0.3 is 19.2 Å². The van der Waals surface area contributed by atoms with Gasteiger partial charge >= 0.3 is 0 Å². The topological polar surface area (TPSA) is 38.8 Å². The number of hydrogen-bond donors (Lipinski definition) is 0. The van der Waals surface area contributed by atoms with E-state index in [-0.39, 0.29) is 18.1 Å². The minimum absolute atomic E-state index is 0.125. The van der Waals surface area contributed by atoms with E-state index >= 15 is 0 Å². The SMILES string of the molecule is COc1cc(C(C)C=O)cc(N2C[C@@H](C)O[C@@H](C)C2)c1. The van der Waals surface area contributed by atoms with E-state index < -0.39 is 0 Å². The minimum Gasteiger partial charge on any atom is -0.497 e. The molecule has 0 saturated carbocycles. The number of benzene rings is 1. The molecule has 110 valence electrons. The van der Waals surface area contributed by atoms with E-state index in [0.717, 1.165) is 36.4 Å². The molecule has 1 aliphatic rings. The van der Waals surface area contributed by atoms with Crippen LogP contribution in [-0.2, 0) is 9.53 Å². The van der Waals surface area contributed by atoms with Gasteiger partial charge in [-0.1, -0.05) is 6.92 Å². The van der Waals surface area contributed by atoms with Gasteiger partial charge in [-0.2, -0.15) is 0 Å². The van der Waals surface area contributed by atoms with Gasteiger partial charge in [0.1, 0.15) is 12.0 Å². The average Bonchev–Trinajstić information content (AvgIpc) is 2.44. The number of nitrogens with zero attached hydrogens (tertiary/aromatic N) is 1. The third-order valence-electron chi connectivity index (χ3n) is 3.66. The third kappa shape index (κ3) is 3.31. The predicted molar refractivity (Wildman–Crippen MR) is 79.7 cm³/mol. The largest absolute Gasteiger partial charge is 0.497 e. The quantitative estimate of drug-likeness (QED) is 0.793. The van der Waals surface area contributed by atoms with Crippen molar-refractivity contribution in [1.29, 1.82) is 0 Å². The van der Waals surface area contributed by atoms with E-state index in [1.54, 1.807) is 7.11 Å². The van der Waals surface area contributed by atoms with Gasteiger partial charge in [0.25, 0.3) is 0 Å². The summed E-state index contributed by atoms with van der Waals surface area (Å²) in [5.41, 5.74) is 2.08. The Morgan fingerprint density at radius 2 is 1.95 bits per heavy atom. The van der Waals surface area contributed by atoms with Gasteiger partial charge in [0.2, 0.25) is 0 Å². The van der Waals surface area contributed by atoms with Crippen LogP contribution in [0.2, 0.25) is 0 Å². The second-order valence-electron chi connectivity index (χ2n) is 5.55. The van der Waals surface area contributed by atoms with Crippen LogP contribution in [0, 0.1) is 0 Å². The smallest absolute Gasteiger partial charge is 0.127 e. The summed E-state index contributed by atoms with van der Waals surface area (Å²) >= 11 is 0. The second-order valence-corrected chi connectivity index (χ2v) is 5.55. The van der Waals surface area contributed by atoms with Gasteiger partial charge in [0.05, 0.1) is 19.3 Å². The number of carbonyl (C=O) groups excluding carboxylic acids is 1. The van der Waals surface area contributed by atoms with Crippen LogP contribution in [0.5, 0.6) is 5.75 Å². The van der Waals surface area contributed by atoms with E-state index in [2.05, 4.69) is 24.8 Å². The van der Waals surface area contributed by atoms with E-state index in [4.69, 9.17) is 9.47 Å². The number of morpholine rings is 1. The van der Waals surface area contributed by atoms with Crippen molar-refractivity contribution in [3.8, 4) is 5.75 Å². The van der Waals surface area contributed by atoms with Crippen LogP contribution in [0.25, 0.3) is 0 Å². The van der Waals surface area contributed by atoms with Gasteiger partial charge in [-0.25, -0.2) is 0 Å². The molecule has 3 atom stereocenters. The van der Waals surface area contributed by atoms with Gasteiger partial charge in [0.15, 0.2) is 0 Å². The fourth-order valence-corrected chi connectivity index (χ4v) is 2.64. The van der Waals surface area contributed by atoms with Crippen molar-refractivity contribution in [1.82, 2.24) is 0 Å². The summed E-state index contributed by atoms with van der Waals surface area (Å²) in [5.74, 6) is 0.665. The maximum absolute atomic E-state index is 11.0. The molecule has 20 heavy (non-hydrogen) atoms. The Kier molecular flexibility index (Phi) is 4.65. The number of anilines is 1. The Labute approximate surface area is 120 Å². The summed E-state index contributed by atoms with van der Waals surface area (Å²) in [6.45, 7) is 7.77. The zero-order chi connectivity index (χ0) is 14.7. The van der Waals surface area contributed by atoms with Crippen LogP contribution in [0.3, 0.4) is 0 Å². The molecule has 1 fully saturated rings. The molecule has 1 saturated heterocycles. The van der Waals surface area contributed by atoms with Crippen LogP contribution in [0.1, 0.15) is 32.3 Å². The van der Waals surface area contributed by atoms with Crippen molar-refractivity contribution in [2.75, 3.05) is 25.1 Å². The molecule has 1 unspecified atom stereocenters. The lowest BCUT2D eigenvalue weighted by atomic mass is 10.0. The lowest BCUT2D eigenvalue weighted by Gasteiger charge is -2.37. The molecular weight excluding hydrogens is 254 g/mol. The first-order valence-corrected chi connectivity index (χ1v) is 7.08. The lowest BCUT2D eigenvalue weighted by Crippen LogP contribution is -2.45. The van der Waals surface area contributed by atoms with Crippen molar-refractivity contribution < 1.29 is 14.3 Å². The van der Waals surface area contributed by atoms with E-state index in [9.17, 15) is 4.79 Å². The molecule has 0 bridgehead atoms. The molecule has 0 N–H and O–H groups in total. The van der Waals surface area contributed by atoms with Crippen LogP contribution in [0.15, 0.2) is 18.2 Å². The summed E-state index contributed by atoms with van der Waals surface area (Å²) in [6.07, 6.45) is 1.37. The predicted octanol–water partition coefficient (Wildman–Crippen LogP) is 2.61. The van der Waals surface area contributed by atoms with E-state index in [1.165, 1.54) is 0 Å². The van der Waals surface area contributed by atoms with Crippen molar-refractivity contribution in [2.45, 2.75) is 38.9 Å². The number of hydrogen-bond acceptors (Lipinski definition) is 4. The third-order valence-corrected chi connectivity index (χ3v) is 3.66. The Morgan fingerprint density at radius 3 is 2.50 bits per heavy atom. The van der Waals surface area contributed by atoms with Crippen LogP contribution >= 0.6 is 0 Å². The second kappa shape index (κ2) is 6.27. The zero-order valence-electron chi connectivity index (χ0n) is 12.6. The molecule has 1 aromatic carbocycles. The molecule has 1 aromatic rings. The van der Waals surface area contributed by atoms with Crippen molar-refractivity contribution in [2.24, 2.45) is 0 Å². The molecule has 2 rings (SSSR count). The van der Waals surface area contributed by atoms with Crippen LogP contribution in [0.4, 0.5) is 5.69 Å². The molecule has 0 aliphatic carbocycles. The summed E-state index contributed by atoms with van der Waals surface area (Å²) in [5, 5.41) is 0. The Hall–Kier alpha value is -1.55. The first-order chi connectivity index (χ1) is 9.53. The molecule has 1 heterocycles. The molecule has 0 radical (unpaired) electrons. The van der Waals surface area contributed by atoms with Gasteiger partial charge in [0, 0.05) is 30.8 Å². The minimum atomic E-state index is -0.125. The Balaban J connectivity index is 2.32. The Bertz CT molecular complexity index is 465. The van der Waals surface area contributed by atoms with Crippen LogP contribution in [-0.4, -0.2) is 38.7 Å². The number of aldehydes is 1.